The number of rotatable bonds is 7. The molecular weight excluding hydrogens is 330 g/mol. The van der Waals surface area contributed by atoms with Gasteiger partial charge in [0.25, 0.3) is 0 Å². The summed E-state index contributed by atoms with van der Waals surface area (Å²) >= 11 is 0. The molecule has 0 aromatic heterocycles. The lowest BCUT2D eigenvalue weighted by Crippen LogP contribution is -2.44. The SMILES string of the molecule is CN1CCN(CC(=O)N(C/C=C/c2ccccc2)C[C@H]2CCCO2)C1=O. The van der Waals surface area contributed by atoms with Gasteiger partial charge in [-0.1, -0.05) is 42.5 Å². The van der Waals surface area contributed by atoms with Crippen LogP contribution in [0, 0.1) is 0 Å². The maximum absolute atomic E-state index is 12.8. The lowest BCUT2D eigenvalue weighted by atomic mass is 10.2. The molecule has 26 heavy (non-hydrogen) atoms. The predicted molar refractivity (Wildman–Crippen MR) is 101 cm³/mol. The molecule has 0 N–H and O–H groups in total. The van der Waals surface area contributed by atoms with Gasteiger partial charge < -0.3 is 19.4 Å². The summed E-state index contributed by atoms with van der Waals surface area (Å²) in [5.74, 6) is -0.0261. The minimum atomic E-state index is -0.0738. The Balaban J connectivity index is 1.61. The Hall–Kier alpha value is -2.34. The van der Waals surface area contributed by atoms with Crippen LogP contribution in [0.4, 0.5) is 4.79 Å². The molecule has 0 saturated carbocycles. The topological polar surface area (TPSA) is 53.1 Å². The molecule has 0 unspecified atom stereocenters. The predicted octanol–water partition coefficient (Wildman–Crippen LogP) is 2.07. The van der Waals surface area contributed by atoms with E-state index in [1.165, 1.54) is 0 Å². The monoisotopic (exact) mass is 357 g/mol. The fourth-order valence-corrected chi connectivity index (χ4v) is 3.31. The summed E-state index contributed by atoms with van der Waals surface area (Å²) in [6.07, 6.45) is 6.14. The van der Waals surface area contributed by atoms with Gasteiger partial charge in [-0.3, -0.25) is 4.79 Å². The van der Waals surface area contributed by atoms with E-state index >= 15 is 0 Å². The molecule has 140 valence electrons. The first-order chi connectivity index (χ1) is 12.6. The van der Waals surface area contributed by atoms with E-state index in [0.29, 0.717) is 26.2 Å². The van der Waals surface area contributed by atoms with Crippen molar-refractivity contribution in [1.82, 2.24) is 14.7 Å². The molecule has 2 aliphatic heterocycles. The number of carbonyl (C=O) groups is 2. The molecule has 0 spiro atoms. The van der Waals surface area contributed by atoms with Crippen LogP contribution in [0.15, 0.2) is 36.4 Å². The maximum Gasteiger partial charge on any atom is 0.320 e. The highest BCUT2D eigenvalue weighted by atomic mass is 16.5. The first kappa shape index (κ1) is 18.5. The second kappa shape index (κ2) is 8.85. The van der Waals surface area contributed by atoms with Gasteiger partial charge in [0.05, 0.1) is 6.10 Å². The zero-order chi connectivity index (χ0) is 18.4. The molecule has 2 heterocycles. The van der Waals surface area contributed by atoms with Crippen LogP contribution in [0.25, 0.3) is 6.08 Å². The Bertz CT molecular complexity index is 641. The number of benzene rings is 1. The molecule has 0 bridgehead atoms. The minimum Gasteiger partial charge on any atom is -0.376 e. The van der Waals surface area contributed by atoms with E-state index in [2.05, 4.69) is 0 Å². The number of amides is 3. The summed E-state index contributed by atoms with van der Waals surface area (Å²) in [4.78, 5) is 29.9. The van der Waals surface area contributed by atoms with E-state index < -0.39 is 0 Å². The van der Waals surface area contributed by atoms with E-state index in [-0.39, 0.29) is 24.6 Å². The van der Waals surface area contributed by atoms with Gasteiger partial charge in [0.1, 0.15) is 6.54 Å². The Labute approximate surface area is 155 Å². The number of ether oxygens (including phenoxy) is 1. The first-order valence-electron chi connectivity index (χ1n) is 9.24. The van der Waals surface area contributed by atoms with Crippen LogP contribution in [-0.4, -0.2) is 79.1 Å². The van der Waals surface area contributed by atoms with E-state index in [1.807, 2.05) is 42.5 Å². The summed E-state index contributed by atoms with van der Waals surface area (Å²) in [7, 11) is 1.76. The van der Waals surface area contributed by atoms with Crippen molar-refractivity contribution in [3.05, 3.63) is 42.0 Å². The standard InChI is InChI=1S/C20H27N3O3/c1-21-12-13-23(20(21)25)16-19(24)22(15-18-10-6-14-26-18)11-5-9-17-7-3-2-4-8-17/h2-5,7-9,18H,6,10-16H2,1H3/b9-5+/t18-/m1/s1. The largest absolute Gasteiger partial charge is 0.376 e. The van der Waals surface area contributed by atoms with E-state index in [0.717, 1.165) is 25.0 Å². The van der Waals surface area contributed by atoms with Crippen molar-refractivity contribution in [2.24, 2.45) is 0 Å². The highest BCUT2D eigenvalue weighted by molar-refractivity contribution is 5.85. The Morgan fingerprint density at radius 2 is 2.12 bits per heavy atom. The maximum atomic E-state index is 12.8. The lowest BCUT2D eigenvalue weighted by molar-refractivity contribution is -0.132. The van der Waals surface area contributed by atoms with Gasteiger partial charge in [-0.05, 0) is 18.4 Å². The third-order valence-corrected chi connectivity index (χ3v) is 4.86. The van der Waals surface area contributed by atoms with Gasteiger partial charge in [-0.15, -0.1) is 0 Å². The molecule has 3 rings (SSSR count). The molecule has 2 fully saturated rings. The smallest absolute Gasteiger partial charge is 0.320 e. The molecule has 3 amide bonds. The van der Waals surface area contributed by atoms with Gasteiger partial charge in [0.2, 0.25) is 5.91 Å². The van der Waals surface area contributed by atoms with Gasteiger partial charge in [-0.25, -0.2) is 4.79 Å². The molecule has 1 atom stereocenters. The van der Waals surface area contributed by atoms with Gasteiger partial charge in [0.15, 0.2) is 0 Å². The summed E-state index contributed by atoms with van der Waals surface area (Å²) in [5.41, 5.74) is 1.10. The summed E-state index contributed by atoms with van der Waals surface area (Å²) < 4.78 is 5.70. The lowest BCUT2D eigenvalue weighted by Gasteiger charge is -2.26. The Morgan fingerprint density at radius 3 is 2.77 bits per heavy atom. The Morgan fingerprint density at radius 1 is 1.31 bits per heavy atom. The number of carbonyl (C=O) groups excluding carboxylic acids is 2. The molecule has 0 radical (unpaired) electrons. The highest BCUT2D eigenvalue weighted by Crippen LogP contribution is 2.15. The quantitative estimate of drug-likeness (QED) is 0.751. The molecule has 2 aliphatic rings. The fourth-order valence-electron chi connectivity index (χ4n) is 3.31. The number of urea groups is 1. The van der Waals surface area contributed by atoms with Crippen molar-refractivity contribution in [3.8, 4) is 0 Å². The summed E-state index contributed by atoms with van der Waals surface area (Å²) in [5, 5.41) is 0. The van der Waals surface area contributed by atoms with E-state index in [9.17, 15) is 9.59 Å². The third kappa shape index (κ3) is 4.85. The van der Waals surface area contributed by atoms with Crippen LogP contribution in [0.5, 0.6) is 0 Å². The van der Waals surface area contributed by atoms with Crippen LogP contribution in [-0.2, 0) is 9.53 Å². The fraction of sp³-hybridized carbons (Fsp3) is 0.500. The molecule has 1 aromatic carbocycles. The van der Waals surface area contributed by atoms with E-state index in [4.69, 9.17) is 4.74 Å². The minimum absolute atomic E-state index is 0.0261. The number of likely N-dealkylation sites (N-methyl/N-ethyl adjacent to an activating group) is 1. The molecule has 6 nitrogen and oxygen atoms in total. The van der Waals surface area contributed by atoms with Crippen molar-refractivity contribution in [2.75, 3.05) is 46.4 Å². The Kier molecular flexibility index (Phi) is 6.28. The van der Waals surface area contributed by atoms with Crippen LogP contribution in [0.2, 0.25) is 0 Å². The van der Waals surface area contributed by atoms with Crippen molar-refractivity contribution in [3.63, 3.8) is 0 Å². The second-order valence-electron chi connectivity index (χ2n) is 6.87. The van der Waals surface area contributed by atoms with Crippen molar-refractivity contribution in [1.29, 1.82) is 0 Å². The zero-order valence-electron chi connectivity index (χ0n) is 15.3. The average Bonchev–Trinajstić information content (AvgIpc) is 3.27. The van der Waals surface area contributed by atoms with Crippen LogP contribution >= 0.6 is 0 Å². The van der Waals surface area contributed by atoms with Crippen molar-refractivity contribution in [2.45, 2.75) is 18.9 Å². The molecule has 2 saturated heterocycles. The number of nitrogens with zero attached hydrogens (tertiary/aromatic N) is 3. The zero-order valence-corrected chi connectivity index (χ0v) is 15.3. The van der Waals surface area contributed by atoms with Crippen LogP contribution in [0.1, 0.15) is 18.4 Å². The molecule has 0 aliphatic carbocycles. The number of hydrogen-bond donors (Lipinski definition) is 0. The normalized spacial score (nSPS) is 20.3. The van der Waals surface area contributed by atoms with Crippen LogP contribution in [0.3, 0.4) is 0 Å². The van der Waals surface area contributed by atoms with Gasteiger partial charge in [0, 0.05) is 39.8 Å². The summed E-state index contributed by atoms with van der Waals surface area (Å²) in [6.45, 7) is 3.28. The van der Waals surface area contributed by atoms with Gasteiger partial charge in [-0.2, -0.15) is 0 Å². The number of hydrogen-bond acceptors (Lipinski definition) is 3. The third-order valence-electron chi connectivity index (χ3n) is 4.86. The average molecular weight is 357 g/mol. The van der Waals surface area contributed by atoms with Gasteiger partial charge >= 0.3 is 6.03 Å². The van der Waals surface area contributed by atoms with Crippen LogP contribution < -0.4 is 0 Å². The first-order valence-corrected chi connectivity index (χ1v) is 9.24. The van der Waals surface area contributed by atoms with E-state index in [1.54, 1.807) is 21.7 Å². The molecular formula is C20H27N3O3. The van der Waals surface area contributed by atoms with Crippen molar-refractivity contribution >= 4 is 18.0 Å². The molecule has 1 aromatic rings. The second-order valence-corrected chi connectivity index (χ2v) is 6.87. The molecule has 6 heteroatoms. The highest BCUT2D eigenvalue weighted by Gasteiger charge is 2.29. The summed E-state index contributed by atoms with van der Waals surface area (Å²) in [6, 6.07) is 9.95. The van der Waals surface area contributed by atoms with Crippen molar-refractivity contribution < 1.29 is 14.3 Å².